The summed E-state index contributed by atoms with van der Waals surface area (Å²) < 4.78 is 0. The standard InChI is InChI=1S/C34H44N6O3/c1-32(2)21-38(29(41)18-28(35)33(3,4)20-37(7)8)27-17-23(13-14-25(27)32)40-30(42)34(5,6)39(31(40)43)19-22-15-16-36-26-12-10-9-11-24(22)26/h9-17,28H,18-21,35H2,1-8H3. The molecule has 4 amide bonds. The van der Waals surface area contributed by atoms with E-state index in [0.29, 0.717) is 12.2 Å². The Balaban J connectivity index is 1.45. The minimum absolute atomic E-state index is 0.0612. The third kappa shape index (κ3) is 5.40. The first-order valence-corrected chi connectivity index (χ1v) is 14.9. The number of aromatic nitrogens is 1. The van der Waals surface area contributed by atoms with Crippen LogP contribution in [-0.4, -0.2) is 71.4 Å². The topological polar surface area (TPSA) is 103 Å². The number of carbonyl (C=O) groups is 3. The fraction of sp³-hybridized carbons (Fsp3) is 0.471. The van der Waals surface area contributed by atoms with E-state index in [-0.39, 0.29) is 41.7 Å². The molecule has 2 aliphatic heterocycles. The average Bonchev–Trinajstić information content (AvgIpc) is 3.29. The van der Waals surface area contributed by atoms with E-state index in [1.165, 1.54) is 4.90 Å². The molecule has 2 N–H and O–H groups in total. The molecule has 43 heavy (non-hydrogen) atoms. The van der Waals surface area contributed by atoms with Gasteiger partial charge in [-0.2, -0.15) is 0 Å². The zero-order chi connectivity index (χ0) is 31.5. The summed E-state index contributed by atoms with van der Waals surface area (Å²) in [5.74, 6) is -0.368. The van der Waals surface area contributed by atoms with Crippen molar-refractivity contribution in [2.45, 2.75) is 71.5 Å². The Hall–Kier alpha value is -3.82. The number of hydrogen-bond acceptors (Lipinski definition) is 6. The molecule has 1 saturated heterocycles. The first-order chi connectivity index (χ1) is 20.0. The molecule has 0 radical (unpaired) electrons. The van der Waals surface area contributed by atoms with E-state index in [0.717, 1.165) is 34.3 Å². The molecule has 9 nitrogen and oxygen atoms in total. The maximum atomic E-state index is 14.0. The van der Waals surface area contributed by atoms with Crippen molar-refractivity contribution in [3.05, 3.63) is 65.9 Å². The van der Waals surface area contributed by atoms with E-state index in [2.05, 4.69) is 37.6 Å². The summed E-state index contributed by atoms with van der Waals surface area (Å²) in [5, 5.41) is 0.945. The Kier molecular flexibility index (Phi) is 7.63. The number of hydrogen-bond donors (Lipinski definition) is 1. The van der Waals surface area contributed by atoms with Gasteiger partial charge < -0.3 is 20.4 Å². The molecule has 0 spiro atoms. The number of rotatable bonds is 8. The van der Waals surface area contributed by atoms with Crippen LogP contribution in [0.25, 0.3) is 10.9 Å². The van der Waals surface area contributed by atoms with E-state index in [1.54, 1.807) is 29.8 Å². The van der Waals surface area contributed by atoms with Gasteiger partial charge in [-0.1, -0.05) is 52.0 Å². The number of imide groups is 1. The number of para-hydroxylation sites is 1. The van der Waals surface area contributed by atoms with Crippen molar-refractivity contribution in [1.29, 1.82) is 0 Å². The van der Waals surface area contributed by atoms with Gasteiger partial charge in [0.05, 0.1) is 11.2 Å². The van der Waals surface area contributed by atoms with Crippen LogP contribution < -0.4 is 15.5 Å². The van der Waals surface area contributed by atoms with Crippen molar-refractivity contribution < 1.29 is 14.4 Å². The maximum Gasteiger partial charge on any atom is 0.332 e. The molecule has 228 valence electrons. The Labute approximate surface area is 254 Å². The molecular formula is C34H44N6O3. The van der Waals surface area contributed by atoms with Crippen molar-refractivity contribution in [1.82, 2.24) is 14.8 Å². The molecule has 1 aromatic heterocycles. The molecule has 1 atom stereocenters. The molecule has 3 heterocycles. The molecule has 5 rings (SSSR count). The third-order valence-corrected chi connectivity index (χ3v) is 9.13. The summed E-state index contributed by atoms with van der Waals surface area (Å²) in [6, 6.07) is 14.5. The van der Waals surface area contributed by atoms with Crippen molar-refractivity contribution >= 4 is 40.1 Å². The lowest BCUT2D eigenvalue weighted by atomic mass is 9.82. The van der Waals surface area contributed by atoms with E-state index < -0.39 is 11.6 Å². The molecule has 1 unspecified atom stereocenters. The monoisotopic (exact) mass is 584 g/mol. The summed E-state index contributed by atoms with van der Waals surface area (Å²) in [6.07, 6.45) is 1.93. The van der Waals surface area contributed by atoms with Gasteiger partial charge in [0.15, 0.2) is 0 Å². The molecule has 0 saturated carbocycles. The number of nitrogens with zero attached hydrogens (tertiary/aromatic N) is 5. The SMILES string of the molecule is CN(C)CC(C)(C)C(N)CC(=O)N1CC(C)(C)c2ccc(N3C(=O)N(Cc4ccnc5ccccc45)C(C)(C)C3=O)cc21. The molecule has 2 aromatic carbocycles. The van der Waals surface area contributed by atoms with Gasteiger partial charge in [0.25, 0.3) is 5.91 Å². The van der Waals surface area contributed by atoms with E-state index in [1.807, 2.05) is 62.6 Å². The predicted molar refractivity (Wildman–Crippen MR) is 171 cm³/mol. The lowest BCUT2D eigenvalue weighted by Crippen LogP contribution is -2.47. The molecule has 0 aliphatic carbocycles. The lowest BCUT2D eigenvalue weighted by Gasteiger charge is -2.34. The van der Waals surface area contributed by atoms with Crippen LogP contribution in [0.2, 0.25) is 0 Å². The van der Waals surface area contributed by atoms with Crippen LogP contribution in [0.5, 0.6) is 0 Å². The summed E-state index contributed by atoms with van der Waals surface area (Å²) in [4.78, 5) is 52.7. The van der Waals surface area contributed by atoms with Gasteiger partial charge in [0.1, 0.15) is 5.54 Å². The zero-order valence-electron chi connectivity index (χ0n) is 26.6. The van der Waals surface area contributed by atoms with Crippen LogP contribution in [0.4, 0.5) is 16.2 Å². The number of nitrogens with two attached hydrogens (primary N) is 1. The van der Waals surface area contributed by atoms with Crippen molar-refractivity contribution in [3.8, 4) is 0 Å². The largest absolute Gasteiger partial charge is 0.332 e. The number of anilines is 2. The van der Waals surface area contributed by atoms with Gasteiger partial charge in [-0.15, -0.1) is 0 Å². The molecule has 1 fully saturated rings. The van der Waals surface area contributed by atoms with Gasteiger partial charge in [-0.05, 0) is 68.8 Å². The summed E-state index contributed by atoms with van der Waals surface area (Å²) in [6.45, 7) is 13.4. The van der Waals surface area contributed by atoms with Crippen molar-refractivity contribution in [3.63, 3.8) is 0 Å². The highest BCUT2D eigenvalue weighted by molar-refractivity contribution is 6.23. The van der Waals surface area contributed by atoms with E-state index >= 15 is 0 Å². The first-order valence-electron chi connectivity index (χ1n) is 14.9. The highest BCUT2D eigenvalue weighted by Gasteiger charge is 2.52. The third-order valence-electron chi connectivity index (χ3n) is 9.13. The van der Waals surface area contributed by atoms with Gasteiger partial charge in [0, 0.05) is 54.8 Å². The van der Waals surface area contributed by atoms with Gasteiger partial charge in [-0.25, -0.2) is 9.69 Å². The highest BCUT2D eigenvalue weighted by Crippen LogP contribution is 2.44. The Bertz CT molecular complexity index is 1590. The minimum Gasteiger partial charge on any atom is -0.327 e. The fourth-order valence-electron chi connectivity index (χ4n) is 6.54. The molecular weight excluding hydrogens is 540 g/mol. The number of fused-ring (bicyclic) bond motifs is 2. The number of pyridine rings is 1. The number of urea groups is 1. The van der Waals surface area contributed by atoms with Gasteiger partial charge in [0.2, 0.25) is 5.91 Å². The van der Waals surface area contributed by atoms with Crippen molar-refractivity contribution in [2.24, 2.45) is 11.1 Å². The van der Waals surface area contributed by atoms with Crippen molar-refractivity contribution in [2.75, 3.05) is 37.0 Å². The smallest absolute Gasteiger partial charge is 0.327 e. The molecule has 0 bridgehead atoms. The van der Waals surface area contributed by atoms with E-state index in [9.17, 15) is 14.4 Å². The molecule has 3 aromatic rings. The predicted octanol–water partition coefficient (Wildman–Crippen LogP) is 4.91. The number of amides is 4. The van der Waals surface area contributed by atoms with E-state index in [4.69, 9.17) is 5.73 Å². The second-order valence-electron chi connectivity index (χ2n) is 14.2. The average molecular weight is 585 g/mol. The minimum atomic E-state index is -1.07. The maximum absolute atomic E-state index is 14.0. The number of benzene rings is 2. The number of carbonyl (C=O) groups excluding carboxylic acids is 3. The second kappa shape index (κ2) is 10.7. The Morgan fingerprint density at radius 3 is 2.47 bits per heavy atom. The van der Waals surface area contributed by atoms with Crippen LogP contribution in [0.15, 0.2) is 54.7 Å². The Morgan fingerprint density at radius 1 is 1.07 bits per heavy atom. The first kappa shape index (κ1) is 30.6. The zero-order valence-corrected chi connectivity index (χ0v) is 26.6. The summed E-state index contributed by atoms with van der Waals surface area (Å²) >= 11 is 0. The van der Waals surface area contributed by atoms with Crippen LogP contribution in [0.3, 0.4) is 0 Å². The highest BCUT2D eigenvalue weighted by atomic mass is 16.2. The molecule has 9 heteroatoms. The lowest BCUT2D eigenvalue weighted by molar-refractivity contribution is -0.123. The van der Waals surface area contributed by atoms with Crippen LogP contribution in [0, 0.1) is 5.41 Å². The van der Waals surface area contributed by atoms with Gasteiger partial charge in [-0.3, -0.25) is 14.6 Å². The summed E-state index contributed by atoms with van der Waals surface area (Å²) in [5.41, 5.74) is 8.90. The molecule has 2 aliphatic rings. The normalized spacial score (nSPS) is 18.6. The van der Waals surface area contributed by atoms with Crippen LogP contribution >= 0.6 is 0 Å². The van der Waals surface area contributed by atoms with Gasteiger partial charge >= 0.3 is 6.03 Å². The Morgan fingerprint density at radius 2 is 1.77 bits per heavy atom. The second-order valence-corrected chi connectivity index (χ2v) is 14.2. The summed E-state index contributed by atoms with van der Waals surface area (Å²) in [7, 11) is 4.00. The van der Waals surface area contributed by atoms with Crippen LogP contribution in [-0.2, 0) is 21.5 Å². The quantitative estimate of drug-likeness (QED) is 0.378. The van der Waals surface area contributed by atoms with Crippen LogP contribution in [0.1, 0.15) is 59.1 Å². The fourth-order valence-corrected chi connectivity index (χ4v) is 6.54.